The number of amides is 1. The van der Waals surface area contributed by atoms with E-state index >= 15 is 0 Å². The van der Waals surface area contributed by atoms with E-state index in [0.717, 1.165) is 37.2 Å². The Morgan fingerprint density at radius 2 is 1.70 bits per heavy atom. The van der Waals surface area contributed by atoms with Crippen molar-refractivity contribution in [3.63, 3.8) is 0 Å². The van der Waals surface area contributed by atoms with Crippen molar-refractivity contribution >= 4 is 17.3 Å². The van der Waals surface area contributed by atoms with E-state index in [-0.39, 0.29) is 5.91 Å². The van der Waals surface area contributed by atoms with Gasteiger partial charge in [0.2, 0.25) is 5.91 Å². The summed E-state index contributed by atoms with van der Waals surface area (Å²) in [5.41, 5.74) is 6.38. The smallest absolute Gasteiger partial charge is 0.237 e. The van der Waals surface area contributed by atoms with Gasteiger partial charge in [-0.25, -0.2) is 0 Å². The Morgan fingerprint density at radius 3 is 2.40 bits per heavy atom. The van der Waals surface area contributed by atoms with Gasteiger partial charge in [0.05, 0.1) is 11.1 Å². The van der Waals surface area contributed by atoms with E-state index in [2.05, 4.69) is 85.9 Å². The van der Waals surface area contributed by atoms with Gasteiger partial charge in [-0.2, -0.15) is 0 Å². The fourth-order valence-corrected chi connectivity index (χ4v) is 4.43. The highest BCUT2D eigenvalue weighted by Gasteiger charge is 2.42. The van der Waals surface area contributed by atoms with Crippen LogP contribution in [0.4, 0.5) is 11.4 Å². The minimum Gasteiger partial charge on any atom is -0.320 e. The standard InChI is InChI=1S/C27H30N2O/c1-20-10-13-24(14-11-20)29-25-15-12-22(21-8-5-4-6-9-21)18-23(25)19-27(2,26(29)30)16-7-17-28-3/h4-6,8-15,18,28H,7,16-17,19H2,1-3H3. The molecule has 1 unspecified atom stereocenters. The number of nitrogens with zero attached hydrogens (tertiary/aromatic N) is 1. The molecule has 1 N–H and O–H groups in total. The molecule has 30 heavy (non-hydrogen) atoms. The van der Waals surface area contributed by atoms with Crippen LogP contribution in [-0.2, 0) is 11.2 Å². The highest BCUT2D eigenvalue weighted by atomic mass is 16.2. The van der Waals surface area contributed by atoms with Gasteiger partial charge in [-0.15, -0.1) is 0 Å². The first-order valence-electron chi connectivity index (χ1n) is 10.8. The van der Waals surface area contributed by atoms with Gasteiger partial charge >= 0.3 is 0 Å². The van der Waals surface area contributed by atoms with Gasteiger partial charge in [0.1, 0.15) is 0 Å². The van der Waals surface area contributed by atoms with Crippen LogP contribution in [0.15, 0.2) is 72.8 Å². The summed E-state index contributed by atoms with van der Waals surface area (Å²) in [5, 5.41) is 3.21. The van der Waals surface area contributed by atoms with Crippen molar-refractivity contribution in [3.05, 3.63) is 83.9 Å². The first kappa shape index (κ1) is 20.4. The minimum atomic E-state index is -0.413. The molecule has 0 bridgehead atoms. The molecule has 3 nitrogen and oxygen atoms in total. The van der Waals surface area contributed by atoms with Gasteiger partial charge in [-0.3, -0.25) is 9.69 Å². The Morgan fingerprint density at radius 1 is 0.967 bits per heavy atom. The molecule has 0 spiro atoms. The fourth-order valence-electron chi connectivity index (χ4n) is 4.43. The number of carbonyl (C=O) groups excluding carboxylic acids is 1. The lowest BCUT2D eigenvalue weighted by Crippen LogP contribution is -2.45. The summed E-state index contributed by atoms with van der Waals surface area (Å²) < 4.78 is 0. The number of rotatable bonds is 6. The van der Waals surface area contributed by atoms with Crippen LogP contribution in [0.2, 0.25) is 0 Å². The largest absolute Gasteiger partial charge is 0.320 e. The fraction of sp³-hybridized carbons (Fsp3) is 0.296. The Kier molecular flexibility index (Phi) is 5.74. The van der Waals surface area contributed by atoms with Crippen molar-refractivity contribution in [1.82, 2.24) is 5.32 Å². The summed E-state index contributed by atoms with van der Waals surface area (Å²) in [6, 6.07) is 25.2. The van der Waals surface area contributed by atoms with E-state index in [9.17, 15) is 4.79 Å². The van der Waals surface area contributed by atoms with Gasteiger partial charge < -0.3 is 5.32 Å². The first-order chi connectivity index (χ1) is 14.5. The van der Waals surface area contributed by atoms with Crippen molar-refractivity contribution in [2.24, 2.45) is 5.41 Å². The molecule has 3 heteroatoms. The molecule has 1 aliphatic heterocycles. The zero-order chi connectivity index (χ0) is 21.1. The molecule has 1 amide bonds. The van der Waals surface area contributed by atoms with Gasteiger partial charge in [-0.05, 0) is 80.7 Å². The van der Waals surface area contributed by atoms with Crippen molar-refractivity contribution in [2.75, 3.05) is 18.5 Å². The number of fused-ring (bicyclic) bond motifs is 1. The molecule has 1 atom stereocenters. The second-order valence-corrected chi connectivity index (χ2v) is 8.63. The predicted molar refractivity (Wildman–Crippen MR) is 125 cm³/mol. The predicted octanol–water partition coefficient (Wildman–Crippen LogP) is 5.89. The monoisotopic (exact) mass is 398 g/mol. The second-order valence-electron chi connectivity index (χ2n) is 8.63. The van der Waals surface area contributed by atoms with Crippen LogP contribution in [0, 0.1) is 12.3 Å². The number of aryl methyl sites for hydroxylation is 1. The zero-order valence-corrected chi connectivity index (χ0v) is 18.1. The maximum Gasteiger partial charge on any atom is 0.237 e. The van der Waals surface area contributed by atoms with E-state index in [0.29, 0.717) is 0 Å². The molecule has 0 aliphatic carbocycles. The van der Waals surface area contributed by atoms with Crippen LogP contribution in [-0.4, -0.2) is 19.5 Å². The molecule has 4 rings (SSSR count). The zero-order valence-electron chi connectivity index (χ0n) is 18.1. The van der Waals surface area contributed by atoms with E-state index in [1.54, 1.807) is 0 Å². The van der Waals surface area contributed by atoms with Crippen LogP contribution < -0.4 is 10.2 Å². The maximum atomic E-state index is 13.7. The van der Waals surface area contributed by atoms with Crippen molar-refractivity contribution in [1.29, 1.82) is 0 Å². The molecular formula is C27H30N2O. The highest BCUT2D eigenvalue weighted by molar-refractivity contribution is 6.06. The third-order valence-corrected chi connectivity index (χ3v) is 6.18. The van der Waals surface area contributed by atoms with Crippen LogP contribution in [0.25, 0.3) is 11.1 Å². The molecule has 154 valence electrons. The summed E-state index contributed by atoms with van der Waals surface area (Å²) in [6.07, 6.45) is 2.62. The number of nitrogens with one attached hydrogen (secondary N) is 1. The summed E-state index contributed by atoms with van der Waals surface area (Å²) >= 11 is 0. The highest BCUT2D eigenvalue weighted by Crippen LogP contribution is 2.45. The second kappa shape index (κ2) is 8.45. The van der Waals surface area contributed by atoms with Crippen molar-refractivity contribution in [2.45, 2.75) is 33.1 Å². The van der Waals surface area contributed by atoms with Crippen LogP contribution in [0.1, 0.15) is 30.9 Å². The van der Waals surface area contributed by atoms with Crippen molar-refractivity contribution < 1.29 is 4.79 Å². The Bertz CT molecular complexity index is 1030. The summed E-state index contributed by atoms with van der Waals surface area (Å²) in [6.45, 7) is 5.12. The molecule has 0 saturated heterocycles. The van der Waals surface area contributed by atoms with E-state index in [1.165, 1.54) is 22.3 Å². The van der Waals surface area contributed by atoms with E-state index in [1.807, 2.05) is 18.0 Å². The van der Waals surface area contributed by atoms with E-state index in [4.69, 9.17) is 0 Å². The van der Waals surface area contributed by atoms with Gasteiger partial charge in [0, 0.05) is 5.69 Å². The number of carbonyl (C=O) groups is 1. The molecule has 0 saturated carbocycles. The van der Waals surface area contributed by atoms with Gasteiger partial charge in [0.25, 0.3) is 0 Å². The molecule has 0 fully saturated rings. The average molecular weight is 399 g/mol. The third-order valence-electron chi connectivity index (χ3n) is 6.18. The number of benzene rings is 3. The quantitative estimate of drug-likeness (QED) is 0.525. The van der Waals surface area contributed by atoms with Crippen molar-refractivity contribution in [3.8, 4) is 11.1 Å². The normalized spacial score (nSPS) is 18.4. The van der Waals surface area contributed by atoms with Gasteiger partial charge in [-0.1, -0.05) is 61.0 Å². The van der Waals surface area contributed by atoms with Crippen LogP contribution >= 0.6 is 0 Å². The molecule has 0 radical (unpaired) electrons. The van der Waals surface area contributed by atoms with Crippen LogP contribution in [0.5, 0.6) is 0 Å². The lowest BCUT2D eigenvalue weighted by Gasteiger charge is -2.41. The SMILES string of the molecule is CNCCCC1(C)Cc2cc(-c3ccccc3)ccc2N(c2ccc(C)cc2)C1=O. The Hall–Kier alpha value is -2.91. The van der Waals surface area contributed by atoms with Crippen LogP contribution in [0.3, 0.4) is 0 Å². The summed E-state index contributed by atoms with van der Waals surface area (Å²) in [7, 11) is 1.96. The molecular weight excluding hydrogens is 368 g/mol. The number of anilines is 2. The Labute approximate surface area is 179 Å². The van der Waals surface area contributed by atoms with Gasteiger partial charge in [0.15, 0.2) is 0 Å². The topological polar surface area (TPSA) is 32.3 Å². The Balaban J connectivity index is 1.80. The maximum absolute atomic E-state index is 13.7. The number of hydrogen-bond donors (Lipinski definition) is 1. The first-order valence-corrected chi connectivity index (χ1v) is 10.8. The lowest BCUT2D eigenvalue weighted by atomic mass is 9.74. The minimum absolute atomic E-state index is 0.197. The molecule has 3 aromatic rings. The summed E-state index contributed by atoms with van der Waals surface area (Å²) in [4.78, 5) is 15.7. The third kappa shape index (κ3) is 3.90. The van der Waals surface area contributed by atoms with E-state index < -0.39 is 5.41 Å². The number of hydrogen-bond acceptors (Lipinski definition) is 2. The summed E-state index contributed by atoms with van der Waals surface area (Å²) in [5.74, 6) is 0.197. The molecule has 1 heterocycles. The molecule has 3 aromatic carbocycles. The lowest BCUT2D eigenvalue weighted by molar-refractivity contribution is -0.127. The average Bonchev–Trinajstić information content (AvgIpc) is 2.76. The molecule has 0 aromatic heterocycles. The molecule has 1 aliphatic rings.